The highest BCUT2D eigenvalue weighted by Crippen LogP contribution is 2.35. The molecule has 9 heteroatoms. The Morgan fingerprint density at radius 2 is 2.00 bits per heavy atom. The van der Waals surface area contributed by atoms with Crippen molar-refractivity contribution in [1.29, 1.82) is 0 Å². The monoisotopic (exact) mass is 360 g/mol. The highest BCUT2D eigenvalue weighted by molar-refractivity contribution is 7.99. The van der Waals surface area contributed by atoms with Gasteiger partial charge in [0.05, 0.1) is 12.4 Å². The summed E-state index contributed by atoms with van der Waals surface area (Å²) in [6, 6.07) is 7.57. The smallest absolute Gasteiger partial charge is 0.239 e. The summed E-state index contributed by atoms with van der Waals surface area (Å²) in [5.41, 5.74) is 0.607. The zero-order valence-electron chi connectivity index (χ0n) is 14.8. The van der Waals surface area contributed by atoms with E-state index in [0.29, 0.717) is 22.6 Å². The van der Waals surface area contributed by atoms with Crippen molar-refractivity contribution in [1.82, 2.24) is 30.3 Å². The van der Waals surface area contributed by atoms with Gasteiger partial charge >= 0.3 is 0 Å². The summed E-state index contributed by atoms with van der Waals surface area (Å²) in [4.78, 5) is 4.50. The van der Waals surface area contributed by atoms with E-state index in [2.05, 4.69) is 25.7 Å². The van der Waals surface area contributed by atoms with Crippen molar-refractivity contribution in [2.45, 2.75) is 43.5 Å². The number of aromatic nitrogens is 6. The summed E-state index contributed by atoms with van der Waals surface area (Å²) in [6.45, 7) is 8.11. The highest BCUT2D eigenvalue weighted by Gasteiger charge is 2.25. The summed E-state index contributed by atoms with van der Waals surface area (Å²) in [5.74, 6) is 1.92. The Labute approximate surface area is 150 Å². The number of thioether (sulfide) groups is 1. The van der Waals surface area contributed by atoms with E-state index in [9.17, 15) is 0 Å². The first kappa shape index (κ1) is 17.4. The van der Waals surface area contributed by atoms with Crippen LogP contribution in [0.4, 0.5) is 0 Å². The first-order valence-corrected chi connectivity index (χ1v) is 8.70. The normalized spacial score (nSPS) is 13.0. The van der Waals surface area contributed by atoms with Crippen LogP contribution in [0.5, 0.6) is 5.75 Å². The van der Waals surface area contributed by atoms with Crippen molar-refractivity contribution in [3.8, 4) is 11.4 Å². The summed E-state index contributed by atoms with van der Waals surface area (Å²) < 4.78 is 12.4. The van der Waals surface area contributed by atoms with Gasteiger partial charge in [0.1, 0.15) is 11.4 Å². The Bertz CT molecular complexity index is 854. The molecule has 25 heavy (non-hydrogen) atoms. The lowest BCUT2D eigenvalue weighted by atomic mass is 9.96. The molecule has 8 nitrogen and oxygen atoms in total. The highest BCUT2D eigenvalue weighted by atomic mass is 32.2. The second kappa shape index (κ2) is 6.83. The second-order valence-electron chi connectivity index (χ2n) is 6.51. The number of tetrazole rings is 1. The molecule has 3 rings (SSSR count). The Balaban J connectivity index is 1.85. The van der Waals surface area contributed by atoms with Crippen molar-refractivity contribution in [3.63, 3.8) is 0 Å². The van der Waals surface area contributed by atoms with Gasteiger partial charge in [-0.1, -0.05) is 49.8 Å². The van der Waals surface area contributed by atoms with E-state index in [4.69, 9.17) is 9.26 Å². The molecule has 0 radical (unpaired) electrons. The van der Waals surface area contributed by atoms with E-state index < -0.39 is 0 Å². The minimum absolute atomic E-state index is 0.0944. The molecular formula is C16H20N6O2S. The topological polar surface area (TPSA) is 91.8 Å². The standard InChI is InChI=1S/C16H20N6O2S/c1-10(13-17-14(19-24-13)16(2,3)4)25-15-18-20-21-22(15)11-8-6-7-9-12(11)23-5/h6-10H,1-5H3. The van der Waals surface area contributed by atoms with Crippen molar-refractivity contribution in [2.24, 2.45) is 0 Å². The zero-order chi connectivity index (χ0) is 18.0. The predicted molar refractivity (Wildman–Crippen MR) is 93.0 cm³/mol. The molecule has 2 heterocycles. The van der Waals surface area contributed by atoms with Gasteiger partial charge in [-0.25, -0.2) is 0 Å². The number of hydrogen-bond acceptors (Lipinski definition) is 8. The molecule has 0 aliphatic heterocycles. The second-order valence-corrected chi connectivity index (χ2v) is 7.82. The molecule has 0 aliphatic rings. The van der Waals surface area contributed by atoms with Crippen LogP contribution in [-0.4, -0.2) is 37.5 Å². The van der Waals surface area contributed by atoms with Crippen molar-refractivity contribution in [2.75, 3.05) is 7.11 Å². The van der Waals surface area contributed by atoms with Gasteiger partial charge < -0.3 is 9.26 Å². The molecule has 0 aliphatic carbocycles. The largest absolute Gasteiger partial charge is 0.494 e. The van der Waals surface area contributed by atoms with E-state index in [1.807, 2.05) is 52.0 Å². The van der Waals surface area contributed by atoms with Gasteiger partial charge in [-0.3, -0.25) is 0 Å². The molecule has 1 aromatic carbocycles. The van der Waals surface area contributed by atoms with Crippen LogP contribution >= 0.6 is 11.8 Å². The summed E-state index contributed by atoms with van der Waals surface area (Å²) in [5, 5.41) is 16.6. The number of ether oxygens (including phenoxy) is 1. The SMILES string of the molecule is COc1ccccc1-n1nnnc1SC(C)c1nc(C(C)(C)C)no1. The third-order valence-corrected chi connectivity index (χ3v) is 4.52. The van der Waals surface area contributed by atoms with Crippen LogP contribution < -0.4 is 4.74 Å². The van der Waals surface area contributed by atoms with E-state index in [0.717, 1.165) is 5.69 Å². The Morgan fingerprint density at radius 1 is 1.24 bits per heavy atom. The summed E-state index contributed by atoms with van der Waals surface area (Å²) in [6.07, 6.45) is 0. The molecular weight excluding hydrogens is 340 g/mol. The average Bonchev–Trinajstić information content (AvgIpc) is 3.23. The van der Waals surface area contributed by atoms with Gasteiger partial charge in [0.15, 0.2) is 5.82 Å². The quantitative estimate of drug-likeness (QED) is 0.641. The minimum Gasteiger partial charge on any atom is -0.494 e. The molecule has 1 unspecified atom stereocenters. The third-order valence-electron chi connectivity index (χ3n) is 3.50. The summed E-state index contributed by atoms with van der Waals surface area (Å²) >= 11 is 1.44. The van der Waals surface area contributed by atoms with Crippen LogP contribution in [0.2, 0.25) is 0 Å². The zero-order valence-corrected chi connectivity index (χ0v) is 15.6. The van der Waals surface area contributed by atoms with Crippen LogP contribution in [0.15, 0.2) is 33.9 Å². The van der Waals surface area contributed by atoms with Crippen LogP contribution in [-0.2, 0) is 5.41 Å². The van der Waals surface area contributed by atoms with Gasteiger partial charge in [-0.2, -0.15) is 9.67 Å². The van der Waals surface area contributed by atoms with Crippen LogP contribution in [0, 0.1) is 0 Å². The van der Waals surface area contributed by atoms with Crippen LogP contribution in [0.3, 0.4) is 0 Å². The molecule has 0 bridgehead atoms. The maximum Gasteiger partial charge on any atom is 0.239 e. The average molecular weight is 360 g/mol. The first-order chi connectivity index (χ1) is 11.9. The fourth-order valence-corrected chi connectivity index (χ4v) is 2.95. The maximum absolute atomic E-state index is 5.41. The van der Waals surface area contributed by atoms with E-state index in [1.54, 1.807) is 11.8 Å². The fourth-order valence-electron chi connectivity index (χ4n) is 2.12. The van der Waals surface area contributed by atoms with Crippen molar-refractivity contribution in [3.05, 3.63) is 36.0 Å². The van der Waals surface area contributed by atoms with Gasteiger partial charge in [0.2, 0.25) is 11.0 Å². The Morgan fingerprint density at radius 3 is 2.68 bits per heavy atom. The van der Waals surface area contributed by atoms with Gasteiger partial charge in [-0.15, -0.1) is 5.10 Å². The molecule has 3 aromatic rings. The number of para-hydroxylation sites is 2. The van der Waals surface area contributed by atoms with Crippen LogP contribution in [0.1, 0.15) is 44.7 Å². The molecule has 0 saturated heterocycles. The van der Waals surface area contributed by atoms with Gasteiger partial charge in [-0.05, 0) is 29.5 Å². The Hall–Kier alpha value is -2.42. The number of methoxy groups -OCH3 is 1. The third kappa shape index (κ3) is 3.65. The van der Waals surface area contributed by atoms with Gasteiger partial charge in [0.25, 0.3) is 0 Å². The Kier molecular flexibility index (Phi) is 4.76. The molecule has 0 N–H and O–H groups in total. The van der Waals surface area contributed by atoms with Crippen molar-refractivity contribution < 1.29 is 9.26 Å². The summed E-state index contributed by atoms with van der Waals surface area (Å²) in [7, 11) is 1.62. The lowest BCUT2D eigenvalue weighted by molar-refractivity contribution is 0.364. The molecule has 132 valence electrons. The van der Waals surface area contributed by atoms with Crippen molar-refractivity contribution >= 4 is 11.8 Å². The molecule has 0 spiro atoms. The molecule has 0 saturated carbocycles. The van der Waals surface area contributed by atoms with Gasteiger partial charge in [0, 0.05) is 5.41 Å². The lowest BCUT2D eigenvalue weighted by Gasteiger charge is -2.11. The number of hydrogen-bond donors (Lipinski definition) is 0. The maximum atomic E-state index is 5.41. The first-order valence-electron chi connectivity index (χ1n) is 7.82. The fraction of sp³-hybridized carbons (Fsp3) is 0.438. The van der Waals surface area contributed by atoms with E-state index >= 15 is 0 Å². The number of rotatable bonds is 5. The number of nitrogens with zero attached hydrogens (tertiary/aromatic N) is 6. The molecule has 1 atom stereocenters. The van der Waals surface area contributed by atoms with E-state index in [-0.39, 0.29) is 10.7 Å². The molecule has 2 aromatic heterocycles. The predicted octanol–water partition coefficient (Wildman–Crippen LogP) is 3.20. The lowest BCUT2D eigenvalue weighted by Crippen LogP contribution is -2.13. The molecule has 0 fully saturated rings. The number of benzene rings is 1. The van der Waals surface area contributed by atoms with Crippen LogP contribution in [0.25, 0.3) is 5.69 Å². The van der Waals surface area contributed by atoms with E-state index in [1.165, 1.54) is 11.8 Å². The molecule has 0 amide bonds. The minimum atomic E-state index is -0.162.